The molecule has 0 saturated carbocycles. The van der Waals surface area contributed by atoms with Crippen molar-refractivity contribution in [2.75, 3.05) is 13.2 Å². The third-order valence-electron chi connectivity index (χ3n) is 11.2. The lowest BCUT2D eigenvalue weighted by atomic mass is 10.1. The topological polar surface area (TPSA) is 78.9 Å². The van der Waals surface area contributed by atoms with E-state index in [-0.39, 0.29) is 44.0 Å². The van der Waals surface area contributed by atoms with E-state index in [1.165, 1.54) is 0 Å². The highest BCUT2D eigenvalue weighted by molar-refractivity contribution is 5.71. The maximum atomic E-state index is 12.9. The van der Waals surface area contributed by atoms with Gasteiger partial charge >= 0.3 is 17.9 Å². The first-order valence-corrected chi connectivity index (χ1v) is 28.6. The molecule has 73 heavy (non-hydrogen) atoms. The van der Waals surface area contributed by atoms with Gasteiger partial charge in [-0.1, -0.05) is 217 Å². The summed E-state index contributed by atoms with van der Waals surface area (Å²) < 4.78 is 16.8. The van der Waals surface area contributed by atoms with Gasteiger partial charge in [0, 0.05) is 19.3 Å². The number of ether oxygens (including phenoxy) is 3. The highest BCUT2D eigenvalue weighted by atomic mass is 16.6. The van der Waals surface area contributed by atoms with Crippen molar-refractivity contribution in [1.29, 1.82) is 0 Å². The molecule has 0 aromatic heterocycles. The molecule has 0 aliphatic carbocycles. The van der Waals surface area contributed by atoms with Crippen LogP contribution < -0.4 is 0 Å². The average Bonchev–Trinajstić information content (AvgIpc) is 3.39. The average molecular weight is 1000 g/mol. The zero-order valence-corrected chi connectivity index (χ0v) is 46.3. The molecule has 1 unspecified atom stereocenters. The minimum absolute atomic E-state index is 0.124. The van der Waals surface area contributed by atoms with Gasteiger partial charge in [-0.2, -0.15) is 0 Å². The summed E-state index contributed by atoms with van der Waals surface area (Å²) in [6, 6.07) is 0. The maximum absolute atomic E-state index is 12.9. The van der Waals surface area contributed by atoms with Gasteiger partial charge in [0.15, 0.2) is 6.10 Å². The van der Waals surface area contributed by atoms with Crippen LogP contribution in [-0.4, -0.2) is 37.2 Å². The fraction of sp³-hybridized carbons (Fsp3) is 0.537. The van der Waals surface area contributed by atoms with Gasteiger partial charge in [0.1, 0.15) is 13.2 Å². The lowest BCUT2D eigenvalue weighted by molar-refractivity contribution is -0.167. The Morgan fingerprint density at radius 3 is 0.808 bits per heavy atom. The van der Waals surface area contributed by atoms with Crippen molar-refractivity contribution in [2.45, 2.75) is 219 Å². The molecule has 0 aliphatic heterocycles. The quantitative estimate of drug-likeness (QED) is 0.0261. The number of hydrogen-bond acceptors (Lipinski definition) is 6. The van der Waals surface area contributed by atoms with Crippen LogP contribution in [-0.2, 0) is 28.6 Å². The number of esters is 3. The Hall–Kier alpha value is -5.23. The van der Waals surface area contributed by atoms with Gasteiger partial charge in [0.25, 0.3) is 0 Å². The summed E-state index contributed by atoms with van der Waals surface area (Å²) in [4.78, 5) is 38.2. The predicted molar refractivity (Wildman–Crippen MR) is 315 cm³/mol. The summed E-state index contributed by atoms with van der Waals surface area (Å²) in [5.74, 6) is -1.03. The monoisotopic (exact) mass is 1000 g/mol. The molecule has 0 spiro atoms. The van der Waals surface area contributed by atoms with E-state index in [0.717, 1.165) is 167 Å². The SMILES string of the molecule is CC/C=C\C/C=C\C/C=C\C/C=C\C/C=C\C/C=C\CCCCC(=O)OCC(COC(=O)CCCCC/C=C\C/C=C\C/C=C\CC)OC(=O)CCCCCCC/C=C\C/C=C\C/C=C\C/C=C\C/C=C\CC. The molecule has 0 aromatic carbocycles. The van der Waals surface area contributed by atoms with Crippen molar-refractivity contribution in [1.82, 2.24) is 0 Å². The molecule has 0 N–H and O–H groups in total. The Balaban J connectivity index is 4.56. The molecular weight excluding hydrogens is 901 g/mol. The van der Waals surface area contributed by atoms with E-state index >= 15 is 0 Å². The van der Waals surface area contributed by atoms with Gasteiger partial charge in [0.05, 0.1) is 0 Å². The number of carbonyl (C=O) groups excluding carboxylic acids is 3. The van der Waals surface area contributed by atoms with Crippen LogP contribution in [0.5, 0.6) is 0 Å². The van der Waals surface area contributed by atoms with E-state index in [4.69, 9.17) is 14.2 Å². The molecule has 0 bridgehead atoms. The van der Waals surface area contributed by atoms with Crippen LogP contribution in [0.25, 0.3) is 0 Å². The number of allylic oxidation sites excluding steroid dienone is 28. The predicted octanol–water partition coefficient (Wildman–Crippen LogP) is 19.5. The molecule has 0 radical (unpaired) electrons. The van der Waals surface area contributed by atoms with E-state index in [9.17, 15) is 14.4 Å². The van der Waals surface area contributed by atoms with Gasteiger partial charge in [-0.15, -0.1) is 0 Å². The molecule has 0 aliphatic rings. The van der Waals surface area contributed by atoms with E-state index < -0.39 is 6.10 Å². The normalized spacial score (nSPS) is 13.4. The first kappa shape index (κ1) is 67.8. The Morgan fingerprint density at radius 2 is 0.493 bits per heavy atom. The summed E-state index contributed by atoms with van der Waals surface area (Å²) in [6.45, 7) is 6.19. The molecule has 6 heteroatoms. The van der Waals surface area contributed by atoms with E-state index in [0.29, 0.717) is 12.8 Å². The Labute approximate surface area is 447 Å². The van der Waals surface area contributed by atoms with Crippen LogP contribution in [0.2, 0.25) is 0 Å². The zero-order valence-electron chi connectivity index (χ0n) is 46.3. The van der Waals surface area contributed by atoms with Crippen LogP contribution in [0.1, 0.15) is 213 Å². The minimum atomic E-state index is -0.829. The van der Waals surface area contributed by atoms with Crippen LogP contribution in [0.15, 0.2) is 170 Å². The molecule has 6 nitrogen and oxygen atoms in total. The van der Waals surface area contributed by atoms with Gasteiger partial charge in [-0.25, -0.2) is 0 Å². The van der Waals surface area contributed by atoms with Crippen LogP contribution in [0, 0.1) is 0 Å². The van der Waals surface area contributed by atoms with Crippen molar-refractivity contribution in [2.24, 2.45) is 0 Å². The largest absolute Gasteiger partial charge is 0.462 e. The summed E-state index contributed by atoms with van der Waals surface area (Å²) in [6.07, 6.45) is 87.7. The highest BCUT2D eigenvalue weighted by Gasteiger charge is 2.19. The molecule has 0 rings (SSSR count). The molecule has 0 aromatic rings. The summed E-state index contributed by atoms with van der Waals surface area (Å²) in [7, 11) is 0. The van der Waals surface area contributed by atoms with E-state index in [2.05, 4.69) is 191 Å². The summed E-state index contributed by atoms with van der Waals surface area (Å²) in [5.41, 5.74) is 0. The highest BCUT2D eigenvalue weighted by Crippen LogP contribution is 2.12. The van der Waals surface area contributed by atoms with Gasteiger partial charge in [-0.05, 0) is 148 Å². The maximum Gasteiger partial charge on any atom is 0.306 e. The third kappa shape index (κ3) is 57.5. The lowest BCUT2D eigenvalue weighted by Crippen LogP contribution is -2.30. The van der Waals surface area contributed by atoms with Crippen LogP contribution >= 0.6 is 0 Å². The molecule has 406 valence electrons. The van der Waals surface area contributed by atoms with E-state index in [1.807, 2.05) is 0 Å². The Morgan fingerprint density at radius 1 is 0.274 bits per heavy atom. The van der Waals surface area contributed by atoms with Gasteiger partial charge in [0.2, 0.25) is 0 Å². The number of carbonyl (C=O) groups is 3. The Bertz CT molecular complexity index is 1720. The second-order valence-corrected chi connectivity index (χ2v) is 18.0. The molecule has 0 saturated heterocycles. The lowest BCUT2D eigenvalue weighted by Gasteiger charge is -2.18. The fourth-order valence-electron chi connectivity index (χ4n) is 7.01. The van der Waals surface area contributed by atoms with Crippen molar-refractivity contribution < 1.29 is 28.6 Å². The molecule has 1 atom stereocenters. The number of hydrogen-bond donors (Lipinski definition) is 0. The van der Waals surface area contributed by atoms with Crippen molar-refractivity contribution in [3.8, 4) is 0 Å². The Kier molecular flexibility index (Phi) is 55.1. The van der Waals surface area contributed by atoms with Gasteiger partial charge < -0.3 is 14.2 Å². The third-order valence-corrected chi connectivity index (χ3v) is 11.2. The molecular formula is C67H102O6. The smallest absolute Gasteiger partial charge is 0.306 e. The summed E-state index contributed by atoms with van der Waals surface area (Å²) in [5, 5.41) is 0. The first-order valence-electron chi connectivity index (χ1n) is 28.6. The van der Waals surface area contributed by atoms with Crippen LogP contribution in [0.4, 0.5) is 0 Å². The van der Waals surface area contributed by atoms with Crippen molar-refractivity contribution in [3.05, 3.63) is 170 Å². The molecule has 0 fully saturated rings. The van der Waals surface area contributed by atoms with Crippen molar-refractivity contribution >= 4 is 17.9 Å². The second-order valence-electron chi connectivity index (χ2n) is 18.0. The fourth-order valence-corrected chi connectivity index (χ4v) is 7.01. The summed E-state index contributed by atoms with van der Waals surface area (Å²) >= 11 is 0. The number of rotatable bonds is 49. The molecule has 0 heterocycles. The van der Waals surface area contributed by atoms with Crippen molar-refractivity contribution in [3.63, 3.8) is 0 Å². The van der Waals surface area contributed by atoms with Gasteiger partial charge in [-0.3, -0.25) is 14.4 Å². The first-order chi connectivity index (χ1) is 36.0. The number of unbranched alkanes of at least 4 members (excludes halogenated alkanes) is 10. The zero-order chi connectivity index (χ0) is 52.9. The molecule has 0 amide bonds. The standard InChI is InChI=1S/C67H102O6/c1-4-7-10-13-16-19-22-25-27-29-31-33-35-37-39-42-45-48-51-54-57-60-66(69)72-63-64(62-71-65(68)59-56-53-50-47-44-41-24-21-18-15-12-9-6-3)73-67(70)61-58-55-52-49-46-43-40-38-36-34-32-30-28-26-23-20-17-14-11-8-5-2/h7-12,16-21,25-28,31-34,37-41,44-45,48,64H,4-6,13-15,22-24,29-30,35-36,42-43,46-47,49-63H2,1-3H3/b10-7-,11-8-,12-9-,19-16-,20-17-,21-18-,27-25-,28-26-,33-31-,34-32-,39-37-,40-38-,44-41-,48-45-. The van der Waals surface area contributed by atoms with E-state index in [1.54, 1.807) is 0 Å². The van der Waals surface area contributed by atoms with Crippen LogP contribution in [0.3, 0.4) is 0 Å². The second kappa shape index (κ2) is 59.3. The minimum Gasteiger partial charge on any atom is -0.462 e.